The quantitative estimate of drug-likeness (QED) is 0.870. The minimum absolute atomic E-state index is 0.0412. The van der Waals surface area contributed by atoms with Crippen LogP contribution in [0.3, 0.4) is 0 Å². The van der Waals surface area contributed by atoms with E-state index < -0.39 is 5.97 Å². The van der Waals surface area contributed by atoms with Gasteiger partial charge < -0.3 is 10.0 Å². The van der Waals surface area contributed by atoms with Gasteiger partial charge in [0.15, 0.2) is 0 Å². The Morgan fingerprint density at radius 3 is 2.80 bits per heavy atom. The van der Waals surface area contributed by atoms with E-state index in [1.165, 1.54) is 12.3 Å². The van der Waals surface area contributed by atoms with Crippen molar-refractivity contribution in [2.24, 2.45) is 0 Å². The van der Waals surface area contributed by atoms with Gasteiger partial charge >= 0.3 is 5.97 Å². The highest BCUT2D eigenvalue weighted by atomic mass is 35.5. The van der Waals surface area contributed by atoms with Gasteiger partial charge in [-0.25, -0.2) is 4.98 Å². The Kier molecular flexibility index (Phi) is 4.83. The molecule has 2 heterocycles. The highest BCUT2D eigenvalue weighted by Crippen LogP contribution is 2.24. The molecule has 1 amide bonds. The Morgan fingerprint density at radius 2 is 2.15 bits per heavy atom. The maximum absolute atomic E-state index is 12.4. The monoisotopic (exact) mass is 316 g/mol. The van der Waals surface area contributed by atoms with E-state index in [9.17, 15) is 9.59 Å². The second kappa shape index (κ2) is 6.41. The highest BCUT2D eigenvalue weighted by molar-refractivity contribution is 6.41. The van der Waals surface area contributed by atoms with Crippen molar-refractivity contribution in [3.63, 3.8) is 0 Å². The molecule has 1 fully saturated rings. The van der Waals surface area contributed by atoms with Crippen LogP contribution in [0.15, 0.2) is 12.3 Å². The zero-order chi connectivity index (χ0) is 14.7. The predicted molar refractivity (Wildman–Crippen MR) is 75.2 cm³/mol. The molecule has 1 aliphatic heterocycles. The third kappa shape index (κ3) is 3.41. The number of carbonyl (C=O) groups excluding carboxylic acids is 1. The van der Waals surface area contributed by atoms with Crippen LogP contribution in [0.5, 0.6) is 0 Å². The molecular formula is C13H14Cl2N2O3. The third-order valence-electron chi connectivity index (χ3n) is 3.34. The van der Waals surface area contributed by atoms with Crippen molar-refractivity contribution in [2.75, 3.05) is 6.54 Å². The highest BCUT2D eigenvalue weighted by Gasteiger charge is 2.29. The summed E-state index contributed by atoms with van der Waals surface area (Å²) in [6.07, 6.45) is 3.83. The molecule has 0 bridgehead atoms. The number of carboxylic acid groups (broad SMARTS) is 1. The van der Waals surface area contributed by atoms with Crippen LogP contribution in [0.1, 0.15) is 36.0 Å². The molecule has 1 unspecified atom stereocenters. The molecule has 0 aromatic carbocycles. The van der Waals surface area contributed by atoms with Crippen LogP contribution in [0.4, 0.5) is 0 Å². The second-order valence-corrected chi connectivity index (χ2v) is 5.51. The molecule has 1 saturated heterocycles. The first-order valence-electron chi connectivity index (χ1n) is 6.33. The summed E-state index contributed by atoms with van der Waals surface area (Å²) in [6.45, 7) is 0.553. The number of carboxylic acids is 1. The van der Waals surface area contributed by atoms with Crippen LogP contribution in [-0.4, -0.2) is 39.5 Å². The summed E-state index contributed by atoms with van der Waals surface area (Å²) in [4.78, 5) is 28.8. The van der Waals surface area contributed by atoms with E-state index >= 15 is 0 Å². The van der Waals surface area contributed by atoms with Crippen LogP contribution in [0, 0.1) is 0 Å². The fraction of sp³-hybridized carbons (Fsp3) is 0.462. The minimum Gasteiger partial charge on any atom is -0.481 e. The molecule has 0 aliphatic carbocycles. The van der Waals surface area contributed by atoms with Crippen LogP contribution >= 0.6 is 23.2 Å². The van der Waals surface area contributed by atoms with E-state index in [1.54, 1.807) is 4.90 Å². The van der Waals surface area contributed by atoms with E-state index in [4.69, 9.17) is 28.3 Å². The van der Waals surface area contributed by atoms with E-state index in [-0.39, 0.29) is 28.5 Å². The summed E-state index contributed by atoms with van der Waals surface area (Å²) in [6, 6.07) is 1.19. The van der Waals surface area contributed by atoms with Gasteiger partial charge in [-0.05, 0) is 25.3 Å². The number of pyridine rings is 1. The summed E-state index contributed by atoms with van der Waals surface area (Å²) >= 11 is 11.6. The van der Waals surface area contributed by atoms with Crippen molar-refractivity contribution in [3.8, 4) is 0 Å². The van der Waals surface area contributed by atoms with Gasteiger partial charge in [0.25, 0.3) is 5.91 Å². The largest absolute Gasteiger partial charge is 0.481 e. The first-order valence-corrected chi connectivity index (χ1v) is 7.08. The lowest BCUT2D eigenvalue weighted by molar-refractivity contribution is -0.138. The second-order valence-electron chi connectivity index (χ2n) is 4.74. The molecule has 1 aromatic rings. The Hall–Kier alpha value is -1.33. The van der Waals surface area contributed by atoms with E-state index in [0.29, 0.717) is 18.5 Å². The number of hydrogen-bond donors (Lipinski definition) is 1. The molecule has 0 spiro atoms. The summed E-state index contributed by atoms with van der Waals surface area (Å²) in [5.74, 6) is -1.15. The standard InChI is InChI=1S/C13H14Cl2N2O3/c14-10-5-8(7-16-12(10)15)13(20)17-4-2-1-3-9(17)6-11(18)19/h5,7,9H,1-4,6H2,(H,18,19). The number of aromatic nitrogens is 1. The first-order chi connectivity index (χ1) is 9.49. The van der Waals surface area contributed by atoms with Crippen LogP contribution in [0.2, 0.25) is 10.2 Å². The topological polar surface area (TPSA) is 70.5 Å². The lowest BCUT2D eigenvalue weighted by atomic mass is 9.98. The van der Waals surface area contributed by atoms with Gasteiger partial charge in [0.05, 0.1) is 17.0 Å². The molecule has 7 heteroatoms. The maximum Gasteiger partial charge on any atom is 0.305 e. The van der Waals surface area contributed by atoms with Crippen molar-refractivity contribution in [2.45, 2.75) is 31.7 Å². The molecular weight excluding hydrogens is 303 g/mol. The van der Waals surface area contributed by atoms with E-state index in [0.717, 1.165) is 12.8 Å². The van der Waals surface area contributed by atoms with Crippen molar-refractivity contribution in [3.05, 3.63) is 28.0 Å². The van der Waals surface area contributed by atoms with Crippen LogP contribution < -0.4 is 0 Å². The summed E-state index contributed by atoms with van der Waals surface area (Å²) in [5, 5.41) is 9.28. The Bertz CT molecular complexity index is 536. The van der Waals surface area contributed by atoms with Gasteiger partial charge in [-0.15, -0.1) is 0 Å². The molecule has 1 N–H and O–H groups in total. The van der Waals surface area contributed by atoms with Crippen molar-refractivity contribution in [1.29, 1.82) is 0 Å². The average molecular weight is 317 g/mol. The molecule has 0 radical (unpaired) electrons. The van der Waals surface area contributed by atoms with Gasteiger partial charge in [0.2, 0.25) is 0 Å². The first kappa shape index (κ1) is 15.1. The molecule has 1 aliphatic rings. The number of nitrogens with zero attached hydrogens (tertiary/aromatic N) is 2. The Labute approximate surface area is 126 Å². The zero-order valence-corrected chi connectivity index (χ0v) is 12.2. The molecule has 108 valence electrons. The fourth-order valence-electron chi connectivity index (χ4n) is 2.39. The number of hydrogen-bond acceptors (Lipinski definition) is 3. The minimum atomic E-state index is -0.901. The molecule has 1 aromatic heterocycles. The number of likely N-dealkylation sites (tertiary alicyclic amines) is 1. The predicted octanol–water partition coefficient (Wildman–Crippen LogP) is 2.86. The SMILES string of the molecule is O=C(O)CC1CCCCN1C(=O)c1cnc(Cl)c(Cl)c1. The maximum atomic E-state index is 12.4. The Balaban J connectivity index is 2.20. The third-order valence-corrected chi connectivity index (χ3v) is 4.03. The van der Waals surface area contributed by atoms with Gasteiger partial charge in [-0.2, -0.15) is 0 Å². The Morgan fingerprint density at radius 1 is 1.40 bits per heavy atom. The fourth-order valence-corrected chi connectivity index (χ4v) is 2.66. The van der Waals surface area contributed by atoms with Gasteiger partial charge in [0, 0.05) is 18.8 Å². The van der Waals surface area contributed by atoms with Gasteiger partial charge in [-0.3, -0.25) is 9.59 Å². The average Bonchev–Trinajstić information content (AvgIpc) is 2.41. The number of aliphatic carboxylic acids is 1. The summed E-state index contributed by atoms with van der Waals surface area (Å²) in [7, 11) is 0. The number of rotatable bonds is 3. The van der Waals surface area contributed by atoms with Crippen LogP contribution in [0.25, 0.3) is 0 Å². The molecule has 2 rings (SSSR count). The van der Waals surface area contributed by atoms with Crippen LogP contribution in [-0.2, 0) is 4.79 Å². The molecule has 1 atom stereocenters. The molecule has 5 nitrogen and oxygen atoms in total. The van der Waals surface area contributed by atoms with Crippen molar-refractivity contribution in [1.82, 2.24) is 9.88 Å². The zero-order valence-electron chi connectivity index (χ0n) is 10.7. The smallest absolute Gasteiger partial charge is 0.305 e. The lowest BCUT2D eigenvalue weighted by Crippen LogP contribution is -2.44. The summed E-state index contributed by atoms with van der Waals surface area (Å²) in [5.41, 5.74) is 0.330. The van der Waals surface area contributed by atoms with Gasteiger partial charge in [-0.1, -0.05) is 23.2 Å². The number of piperidine rings is 1. The summed E-state index contributed by atoms with van der Waals surface area (Å²) < 4.78 is 0. The normalized spacial score (nSPS) is 18.9. The number of halogens is 2. The number of amides is 1. The molecule has 0 saturated carbocycles. The van der Waals surface area contributed by atoms with E-state index in [1.807, 2.05) is 0 Å². The molecule has 20 heavy (non-hydrogen) atoms. The van der Waals surface area contributed by atoms with E-state index in [2.05, 4.69) is 4.98 Å². The van der Waals surface area contributed by atoms with Crippen molar-refractivity contribution >= 4 is 35.1 Å². The van der Waals surface area contributed by atoms with Crippen molar-refractivity contribution < 1.29 is 14.7 Å². The number of carbonyl (C=O) groups is 2. The lowest BCUT2D eigenvalue weighted by Gasteiger charge is -2.35. The van der Waals surface area contributed by atoms with Gasteiger partial charge in [0.1, 0.15) is 5.15 Å².